The first kappa shape index (κ1) is 18.6. The predicted octanol–water partition coefficient (Wildman–Crippen LogP) is 1.95. The number of hydrogen-bond acceptors (Lipinski definition) is 4. The number of nitrogens with zero attached hydrogens (tertiary/aromatic N) is 3. The molecule has 2 fully saturated rings. The molecule has 0 spiro atoms. The first-order chi connectivity index (χ1) is 10.2. The standard InChI is InChI=1S/C15H29N3O.C2H6/c1-3-16-8-10-18(11-9-16)13-15-4-6-17(7-5-15)12-14(2)19;1-2/h15H,3-13H2,1-2H3;1-2H3. The van der Waals surface area contributed by atoms with E-state index < -0.39 is 0 Å². The number of piperazine rings is 1. The lowest BCUT2D eigenvalue weighted by Gasteiger charge is -2.38. The van der Waals surface area contributed by atoms with Gasteiger partial charge in [0, 0.05) is 32.7 Å². The van der Waals surface area contributed by atoms with Crippen molar-refractivity contribution >= 4 is 5.78 Å². The summed E-state index contributed by atoms with van der Waals surface area (Å²) >= 11 is 0. The molecule has 0 bridgehead atoms. The smallest absolute Gasteiger partial charge is 0.143 e. The molecular weight excluding hydrogens is 262 g/mol. The number of Topliss-reactive ketones (excluding diaryl/α,β-unsaturated/α-hetero) is 1. The summed E-state index contributed by atoms with van der Waals surface area (Å²) in [6.45, 7) is 18.2. The highest BCUT2D eigenvalue weighted by molar-refractivity contribution is 5.77. The van der Waals surface area contributed by atoms with Crippen LogP contribution in [0.1, 0.15) is 40.5 Å². The number of rotatable bonds is 5. The minimum atomic E-state index is 0.300. The van der Waals surface area contributed by atoms with Gasteiger partial charge >= 0.3 is 0 Å². The number of hydrogen-bond donors (Lipinski definition) is 0. The quantitative estimate of drug-likeness (QED) is 0.775. The van der Waals surface area contributed by atoms with Crippen LogP contribution in [0.5, 0.6) is 0 Å². The number of ketones is 1. The van der Waals surface area contributed by atoms with E-state index >= 15 is 0 Å². The maximum atomic E-state index is 11.1. The van der Waals surface area contributed by atoms with E-state index in [2.05, 4.69) is 21.6 Å². The molecule has 0 atom stereocenters. The van der Waals surface area contributed by atoms with Crippen LogP contribution in [0.3, 0.4) is 0 Å². The average molecular weight is 297 g/mol. The molecule has 2 heterocycles. The summed E-state index contributed by atoms with van der Waals surface area (Å²) in [5.74, 6) is 1.14. The summed E-state index contributed by atoms with van der Waals surface area (Å²) in [4.78, 5) is 18.6. The molecule has 0 saturated carbocycles. The predicted molar refractivity (Wildman–Crippen MR) is 89.7 cm³/mol. The highest BCUT2D eigenvalue weighted by Crippen LogP contribution is 2.19. The molecule has 2 saturated heterocycles. The summed E-state index contributed by atoms with van der Waals surface area (Å²) in [6.07, 6.45) is 2.53. The van der Waals surface area contributed by atoms with E-state index in [0.717, 1.165) is 19.0 Å². The topological polar surface area (TPSA) is 26.8 Å². The van der Waals surface area contributed by atoms with Crippen LogP contribution < -0.4 is 0 Å². The third-order valence-electron chi connectivity index (χ3n) is 4.58. The van der Waals surface area contributed by atoms with Crippen LogP contribution in [0, 0.1) is 5.92 Å². The Balaban J connectivity index is 0.00000106. The molecule has 4 nitrogen and oxygen atoms in total. The van der Waals surface area contributed by atoms with Crippen LogP contribution in [0.15, 0.2) is 0 Å². The molecule has 0 N–H and O–H groups in total. The van der Waals surface area contributed by atoms with Crippen LogP contribution >= 0.6 is 0 Å². The zero-order chi connectivity index (χ0) is 15.7. The summed E-state index contributed by atoms with van der Waals surface area (Å²) in [5.41, 5.74) is 0. The number of carbonyl (C=O) groups excluding carboxylic acids is 1. The van der Waals surface area contributed by atoms with Gasteiger partial charge < -0.3 is 9.80 Å². The lowest BCUT2D eigenvalue weighted by Crippen LogP contribution is -2.48. The molecule has 0 aromatic heterocycles. The molecule has 0 unspecified atom stereocenters. The van der Waals surface area contributed by atoms with Crippen molar-refractivity contribution in [3.63, 3.8) is 0 Å². The lowest BCUT2D eigenvalue weighted by atomic mass is 9.96. The van der Waals surface area contributed by atoms with Gasteiger partial charge in [-0.05, 0) is 45.3 Å². The third-order valence-corrected chi connectivity index (χ3v) is 4.58. The van der Waals surface area contributed by atoms with Gasteiger partial charge in [0.05, 0.1) is 6.54 Å². The highest BCUT2D eigenvalue weighted by atomic mass is 16.1. The Kier molecular flexibility index (Phi) is 9.13. The van der Waals surface area contributed by atoms with E-state index in [1.54, 1.807) is 6.92 Å². The Hall–Kier alpha value is -0.450. The molecule has 0 amide bonds. The monoisotopic (exact) mass is 297 g/mol. The van der Waals surface area contributed by atoms with E-state index in [4.69, 9.17) is 0 Å². The van der Waals surface area contributed by atoms with E-state index in [1.807, 2.05) is 13.8 Å². The van der Waals surface area contributed by atoms with Gasteiger partial charge in [-0.2, -0.15) is 0 Å². The second kappa shape index (κ2) is 10.3. The lowest BCUT2D eigenvalue weighted by molar-refractivity contribution is -0.118. The van der Waals surface area contributed by atoms with Crippen molar-refractivity contribution in [3.05, 3.63) is 0 Å². The van der Waals surface area contributed by atoms with Crippen molar-refractivity contribution in [1.82, 2.24) is 14.7 Å². The van der Waals surface area contributed by atoms with E-state index in [9.17, 15) is 4.79 Å². The van der Waals surface area contributed by atoms with Crippen molar-refractivity contribution in [2.75, 3.05) is 58.9 Å². The van der Waals surface area contributed by atoms with Crippen molar-refractivity contribution < 1.29 is 4.79 Å². The minimum absolute atomic E-state index is 0.300. The van der Waals surface area contributed by atoms with Gasteiger partial charge in [-0.3, -0.25) is 9.69 Å². The second-order valence-electron chi connectivity index (χ2n) is 6.16. The highest BCUT2D eigenvalue weighted by Gasteiger charge is 2.23. The van der Waals surface area contributed by atoms with Crippen LogP contribution in [0.4, 0.5) is 0 Å². The number of likely N-dealkylation sites (N-methyl/N-ethyl adjacent to an activating group) is 1. The maximum absolute atomic E-state index is 11.1. The van der Waals surface area contributed by atoms with Crippen molar-refractivity contribution in [1.29, 1.82) is 0 Å². The second-order valence-corrected chi connectivity index (χ2v) is 6.16. The molecule has 0 aromatic rings. The summed E-state index contributed by atoms with van der Waals surface area (Å²) in [7, 11) is 0. The van der Waals surface area contributed by atoms with Gasteiger partial charge in [0.25, 0.3) is 0 Å². The van der Waals surface area contributed by atoms with Gasteiger partial charge in [0.2, 0.25) is 0 Å². The Labute approximate surface area is 131 Å². The minimum Gasteiger partial charge on any atom is -0.301 e. The van der Waals surface area contributed by atoms with E-state index in [-0.39, 0.29) is 0 Å². The number of piperidine rings is 1. The summed E-state index contributed by atoms with van der Waals surface area (Å²) < 4.78 is 0. The molecule has 21 heavy (non-hydrogen) atoms. The van der Waals surface area contributed by atoms with Gasteiger partial charge in [0.15, 0.2) is 0 Å². The fraction of sp³-hybridized carbons (Fsp3) is 0.941. The zero-order valence-electron chi connectivity index (χ0n) is 14.6. The van der Waals surface area contributed by atoms with Crippen molar-refractivity contribution in [2.24, 2.45) is 5.92 Å². The molecule has 124 valence electrons. The van der Waals surface area contributed by atoms with Crippen LogP contribution in [-0.2, 0) is 4.79 Å². The van der Waals surface area contributed by atoms with Gasteiger partial charge in [-0.1, -0.05) is 20.8 Å². The molecule has 2 aliphatic heterocycles. The van der Waals surface area contributed by atoms with Crippen LogP contribution in [-0.4, -0.2) is 79.4 Å². The normalized spacial score (nSPS) is 22.7. The Bertz CT molecular complexity index is 280. The Morgan fingerprint density at radius 1 is 0.905 bits per heavy atom. The molecule has 2 rings (SSSR count). The Morgan fingerprint density at radius 2 is 1.43 bits per heavy atom. The van der Waals surface area contributed by atoms with E-state index in [1.165, 1.54) is 52.1 Å². The fourth-order valence-electron chi connectivity index (χ4n) is 3.30. The van der Waals surface area contributed by atoms with E-state index in [0.29, 0.717) is 12.3 Å². The molecule has 2 aliphatic rings. The molecule has 0 radical (unpaired) electrons. The molecular formula is C17H35N3O. The first-order valence-corrected chi connectivity index (χ1v) is 8.84. The zero-order valence-corrected chi connectivity index (χ0v) is 14.6. The van der Waals surface area contributed by atoms with Gasteiger partial charge in [0.1, 0.15) is 5.78 Å². The third kappa shape index (κ3) is 6.90. The van der Waals surface area contributed by atoms with Gasteiger partial charge in [-0.25, -0.2) is 0 Å². The number of likely N-dealkylation sites (tertiary alicyclic amines) is 1. The SMILES string of the molecule is CC.CCN1CCN(CC2CCN(CC(C)=O)CC2)CC1. The summed E-state index contributed by atoms with van der Waals surface area (Å²) in [5, 5.41) is 0. The fourth-order valence-corrected chi connectivity index (χ4v) is 3.30. The van der Waals surface area contributed by atoms with Crippen molar-refractivity contribution in [2.45, 2.75) is 40.5 Å². The largest absolute Gasteiger partial charge is 0.301 e. The summed E-state index contributed by atoms with van der Waals surface area (Å²) in [6, 6.07) is 0. The molecule has 4 heteroatoms. The molecule has 0 aromatic carbocycles. The number of carbonyl (C=O) groups is 1. The average Bonchev–Trinajstić information content (AvgIpc) is 2.51. The first-order valence-electron chi connectivity index (χ1n) is 8.84. The maximum Gasteiger partial charge on any atom is 0.143 e. The van der Waals surface area contributed by atoms with Gasteiger partial charge in [-0.15, -0.1) is 0 Å². The van der Waals surface area contributed by atoms with Crippen LogP contribution in [0.25, 0.3) is 0 Å². The van der Waals surface area contributed by atoms with Crippen molar-refractivity contribution in [3.8, 4) is 0 Å². The molecule has 0 aliphatic carbocycles. The Morgan fingerprint density at radius 3 is 1.90 bits per heavy atom. The van der Waals surface area contributed by atoms with Crippen LogP contribution in [0.2, 0.25) is 0 Å².